The number of pyridine rings is 2. The highest BCUT2D eigenvalue weighted by atomic mass is 35.5. The van der Waals surface area contributed by atoms with Gasteiger partial charge in [0, 0.05) is 11.8 Å². The van der Waals surface area contributed by atoms with E-state index in [4.69, 9.17) is 16.6 Å². The molecule has 0 aliphatic rings. The smallest absolute Gasteiger partial charge is 0.283 e. The van der Waals surface area contributed by atoms with Gasteiger partial charge in [0.25, 0.3) is 11.1 Å². The van der Waals surface area contributed by atoms with E-state index in [-0.39, 0.29) is 17.7 Å². The second-order valence-corrected chi connectivity index (χ2v) is 10.3. The molecule has 0 N–H and O–H groups in total. The molecule has 0 radical (unpaired) electrons. The largest absolute Gasteiger partial charge is 0.306 e. The Labute approximate surface area is 220 Å². The Balaban J connectivity index is 1.62. The van der Waals surface area contributed by atoms with Crippen LogP contribution < -0.4 is 11.1 Å². The Bertz CT molecular complexity index is 1920. The Morgan fingerprint density at radius 2 is 1.68 bits per heavy atom. The van der Waals surface area contributed by atoms with Crippen LogP contribution >= 0.6 is 22.9 Å². The SMILES string of the molecule is Cc1cccc2nc(-n3c(=O)c4c(C)n(Cc5cccc(Cl)n5)c(=O)cc4n3Cc3ccccc3)sc12. The summed E-state index contributed by atoms with van der Waals surface area (Å²) in [5.41, 5.74) is 4.31. The van der Waals surface area contributed by atoms with E-state index in [1.165, 1.54) is 17.4 Å². The molecule has 0 spiro atoms. The molecule has 0 atom stereocenters. The number of nitrogens with zero attached hydrogens (tertiary/aromatic N) is 5. The molecule has 0 saturated carbocycles. The first-order valence-electron chi connectivity index (χ1n) is 11.8. The van der Waals surface area contributed by atoms with Gasteiger partial charge in [-0.05, 0) is 43.2 Å². The Kier molecular flexibility index (Phi) is 5.78. The van der Waals surface area contributed by atoms with Crippen molar-refractivity contribution in [2.45, 2.75) is 26.9 Å². The third-order valence-electron chi connectivity index (χ3n) is 6.52. The van der Waals surface area contributed by atoms with Gasteiger partial charge in [-0.2, -0.15) is 4.68 Å². The van der Waals surface area contributed by atoms with Crippen molar-refractivity contribution in [3.05, 3.63) is 121 Å². The number of fused-ring (bicyclic) bond motifs is 2. The second-order valence-electron chi connectivity index (χ2n) is 8.95. The quantitative estimate of drug-likeness (QED) is 0.284. The van der Waals surface area contributed by atoms with E-state index in [2.05, 4.69) is 4.98 Å². The number of rotatable bonds is 5. The van der Waals surface area contributed by atoms with E-state index in [0.29, 0.717) is 39.1 Å². The van der Waals surface area contributed by atoms with Gasteiger partial charge in [-0.25, -0.2) is 9.97 Å². The number of aryl methyl sites for hydroxylation is 2. The zero-order valence-corrected chi connectivity index (χ0v) is 21.8. The van der Waals surface area contributed by atoms with Crippen LogP contribution in [-0.2, 0) is 13.1 Å². The fourth-order valence-corrected chi connectivity index (χ4v) is 5.93. The molecule has 0 saturated heterocycles. The van der Waals surface area contributed by atoms with Crippen molar-refractivity contribution in [1.82, 2.24) is 23.9 Å². The maximum atomic E-state index is 14.0. The van der Waals surface area contributed by atoms with Gasteiger partial charge in [0.1, 0.15) is 5.15 Å². The minimum Gasteiger partial charge on any atom is -0.306 e. The van der Waals surface area contributed by atoms with E-state index in [1.54, 1.807) is 28.3 Å². The number of aromatic nitrogens is 5. The highest BCUT2D eigenvalue weighted by Gasteiger charge is 2.22. The summed E-state index contributed by atoms with van der Waals surface area (Å²) in [5.74, 6) is 0. The molecule has 0 amide bonds. The molecule has 4 heterocycles. The summed E-state index contributed by atoms with van der Waals surface area (Å²) in [6.45, 7) is 4.46. The molecule has 6 aromatic rings. The first kappa shape index (κ1) is 23.4. The van der Waals surface area contributed by atoms with Crippen molar-refractivity contribution < 1.29 is 0 Å². The number of hydrogen-bond acceptors (Lipinski definition) is 5. The summed E-state index contributed by atoms with van der Waals surface area (Å²) in [6, 6.07) is 22.6. The predicted molar refractivity (Wildman–Crippen MR) is 148 cm³/mol. The lowest BCUT2D eigenvalue weighted by Crippen LogP contribution is -2.24. The Morgan fingerprint density at radius 3 is 2.43 bits per heavy atom. The van der Waals surface area contributed by atoms with Crippen LogP contribution in [0.5, 0.6) is 0 Å². The lowest BCUT2D eigenvalue weighted by molar-refractivity contribution is 0.610. The molecule has 184 valence electrons. The van der Waals surface area contributed by atoms with Crippen LogP contribution in [0.1, 0.15) is 22.5 Å². The van der Waals surface area contributed by atoms with Gasteiger partial charge >= 0.3 is 0 Å². The normalized spacial score (nSPS) is 11.5. The van der Waals surface area contributed by atoms with E-state index >= 15 is 0 Å². The van der Waals surface area contributed by atoms with Gasteiger partial charge in [-0.1, -0.05) is 71.5 Å². The van der Waals surface area contributed by atoms with Gasteiger partial charge < -0.3 is 4.57 Å². The molecule has 0 aliphatic heterocycles. The second kappa shape index (κ2) is 9.14. The highest BCUT2D eigenvalue weighted by Crippen LogP contribution is 2.29. The van der Waals surface area contributed by atoms with Crippen LogP contribution in [0.15, 0.2) is 82.4 Å². The summed E-state index contributed by atoms with van der Waals surface area (Å²) >= 11 is 7.53. The third kappa shape index (κ3) is 4.08. The fourth-order valence-electron chi connectivity index (χ4n) is 4.71. The zero-order valence-electron chi connectivity index (χ0n) is 20.2. The standard InChI is InChI=1S/C28H22ClN5O2S/c1-17-8-6-12-21-26(17)37-28(31-21)34-27(36)25-18(2)32(16-20-11-7-13-23(29)30-20)24(35)14-22(25)33(34)15-19-9-4-3-5-10-19/h3-14H,15-16H2,1-2H3. The summed E-state index contributed by atoms with van der Waals surface area (Å²) in [4.78, 5) is 36.5. The Hall–Kier alpha value is -4.01. The van der Waals surface area contributed by atoms with Crippen molar-refractivity contribution >= 4 is 44.1 Å². The van der Waals surface area contributed by atoms with Gasteiger partial charge in [0.2, 0.25) is 5.13 Å². The van der Waals surface area contributed by atoms with Crippen molar-refractivity contribution in [3.8, 4) is 5.13 Å². The molecule has 7 nitrogen and oxygen atoms in total. The molecular weight excluding hydrogens is 506 g/mol. The monoisotopic (exact) mass is 527 g/mol. The van der Waals surface area contributed by atoms with Crippen molar-refractivity contribution in [3.63, 3.8) is 0 Å². The summed E-state index contributed by atoms with van der Waals surface area (Å²) in [7, 11) is 0. The van der Waals surface area contributed by atoms with Crippen LogP contribution in [0, 0.1) is 13.8 Å². The third-order valence-corrected chi connectivity index (χ3v) is 7.92. The number of halogens is 1. The lowest BCUT2D eigenvalue weighted by atomic mass is 10.2. The van der Waals surface area contributed by atoms with E-state index in [1.807, 2.05) is 66.2 Å². The average molecular weight is 528 g/mol. The highest BCUT2D eigenvalue weighted by molar-refractivity contribution is 7.21. The summed E-state index contributed by atoms with van der Waals surface area (Å²) < 4.78 is 6.07. The molecule has 0 aliphatic carbocycles. The lowest BCUT2D eigenvalue weighted by Gasteiger charge is -2.12. The van der Waals surface area contributed by atoms with Crippen LogP contribution in [-0.4, -0.2) is 23.9 Å². The minimum absolute atomic E-state index is 0.213. The molecule has 6 rings (SSSR count). The molecule has 9 heteroatoms. The van der Waals surface area contributed by atoms with E-state index in [9.17, 15) is 9.59 Å². The fraction of sp³-hybridized carbons (Fsp3) is 0.143. The van der Waals surface area contributed by atoms with E-state index < -0.39 is 0 Å². The summed E-state index contributed by atoms with van der Waals surface area (Å²) in [6.07, 6.45) is 0. The Morgan fingerprint density at radius 1 is 0.892 bits per heavy atom. The number of hydrogen-bond donors (Lipinski definition) is 0. The molecule has 0 bridgehead atoms. The maximum absolute atomic E-state index is 14.0. The molecule has 2 aromatic carbocycles. The van der Waals surface area contributed by atoms with Crippen LogP contribution in [0.25, 0.3) is 26.3 Å². The molecule has 4 aromatic heterocycles. The first-order chi connectivity index (χ1) is 17.9. The van der Waals surface area contributed by atoms with Crippen LogP contribution in [0.3, 0.4) is 0 Å². The molecule has 37 heavy (non-hydrogen) atoms. The maximum Gasteiger partial charge on any atom is 0.283 e. The van der Waals surface area contributed by atoms with Gasteiger partial charge in [0.15, 0.2) is 0 Å². The zero-order chi connectivity index (χ0) is 25.7. The van der Waals surface area contributed by atoms with Crippen molar-refractivity contribution in [2.75, 3.05) is 0 Å². The topological polar surface area (TPSA) is 74.7 Å². The van der Waals surface area contributed by atoms with Gasteiger partial charge in [0.05, 0.1) is 39.9 Å². The van der Waals surface area contributed by atoms with E-state index in [0.717, 1.165) is 21.3 Å². The minimum atomic E-state index is -0.217. The predicted octanol–water partition coefficient (Wildman–Crippen LogP) is 5.33. The van der Waals surface area contributed by atoms with Crippen LogP contribution in [0.4, 0.5) is 0 Å². The summed E-state index contributed by atoms with van der Waals surface area (Å²) in [5, 5.41) is 1.40. The molecular formula is C28H22ClN5O2S. The first-order valence-corrected chi connectivity index (χ1v) is 13.0. The van der Waals surface area contributed by atoms with Crippen molar-refractivity contribution in [2.24, 2.45) is 0 Å². The number of benzene rings is 2. The molecule has 0 fully saturated rings. The average Bonchev–Trinajstić information content (AvgIpc) is 3.42. The van der Waals surface area contributed by atoms with Crippen molar-refractivity contribution in [1.29, 1.82) is 0 Å². The number of thiazole rings is 1. The molecule has 0 unspecified atom stereocenters. The van der Waals surface area contributed by atoms with Crippen LogP contribution in [0.2, 0.25) is 5.15 Å². The van der Waals surface area contributed by atoms with Gasteiger partial charge in [-0.3, -0.25) is 14.3 Å². The van der Waals surface area contributed by atoms with Gasteiger partial charge in [-0.15, -0.1) is 0 Å².